The smallest absolute Gasteiger partial charge is 0.140 e. The van der Waals surface area contributed by atoms with Crippen LogP contribution in [0.4, 0.5) is 5.69 Å². The second-order valence-electron chi connectivity index (χ2n) is 3.38. The minimum absolute atomic E-state index is 0.438. The molecule has 0 aliphatic rings. The summed E-state index contributed by atoms with van der Waals surface area (Å²) in [5.41, 5.74) is 7.71. The van der Waals surface area contributed by atoms with E-state index in [0.29, 0.717) is 11.4 Å². The van der Waals surface area contributed by atoms with Crippen LogP contribution in [-0.4, -0.2) is 9.97 Å². The van der Waals surface area contributed by atoms with E-state index in [2.05, 4.69) is 9.97 Å². The molecule has 0 radical (unpaired) electrons. The number of rotatable bonds is 3. The lowest BCUT2D eigenvalue weighted by Gasteiger charge is -2.01. The maximum Gasteiger partial charge on any atom is 0.140 e. The van der Waals surface area contributed by atoms with E-state index in [1.807, 2.05) is 24.3 Å². The van der Waals surface area contributed by atoms with E-state index in [9.17, 15) is 0 Å². The fraction of sp³-hybridized carbons (Fsp3) is 0.0833. The summed E-state index contributed by atoms with van der Waals surface area (Å²) in [7, 11) is 0. The minimum atomic E-state index is 0.438. The molecule has 0 bridgehead atoms. The number of aromatic nitrogens is 2. The Morgan fingerprint density at radius 2 is 2.18 bits per heavy atom. The summed E-state index contributed by atoms with van der Waals surface area (Å²) in [6.45, 7) is 0. The van der Waals surface area contributed by atoms with E-state index in [0.717, 1.165) is 16.3 Å². The lowest BCUT2D eigenvalue weighted by atomic mass is 10.2. The highest BCUT2D eigenvalue weighted by atomic mass is 32.2. The van der Waals surface area contributed by atoms with Crippen molar-refractivity contribution in [3.63, 3.8) is 0 Å². The third kappa shape index (κ3) is 3.20. The number of nitrogen functional groups attached to an aromatic ring is 1. The SMILES string of the molecule is N#Cc1cc(CSc2ccc(N)cn2)ccn1. The highest BCUT2D eigenvalue weighted by Crippen LogP contribution is 2.21. The van der Waals surface area contributed by atoms with Crippen LogP contribution in [0.1, 0.15) is 11.3 Å². The average molecular weight is 242 g/mol. The molecular weight excluding hydrogens is 232 g/mol. The predicted molar refractivity (Wildman–Crippen MR) is 67.2 cm³/mol. The van der Waals surface area contributed by atoms with Gasteiger partial charge in [0.2, 0.25) is 0 Å². The maximum atomic E-state index is 8.73. The number of pyridine rings is 2. The van der Waals surface area contributed by atoms with Crippen molar-refractivity contribution >= 4 is 17.4 Å². The summed E-state index contributed by atoms with van der Waals surface area (Å²) >= 11 is 1.60. The molecule has 0 atom stereocenters. The summed E-state index contributed by atoms with van der Waals surface area (Å²) in [6, 6.07) is 9.40. The monoisotopic (exact) mass is 242 g/mol. The van der Waals surface area contributed by atoms with E-state index in [4.69, 9.17) is 11.0 Å². The van der Waals surface area contributed by atoms with E-state index >= 15 is 0 Å². The van der Waals surface area contributed by atoms with Crippen LogP contribution in [0.3, 0.4) is 0 Å². The number of nitrogens with zero attached hydrogens (tertiary/aromatic N) is 3. The molecule has 5 heteroatoms. The van der Waals surface area contributed by atoms with Crippen molar-refractivity contribution in [2.24, 2.45) is 0 Å². The molecule has 2 heterocycles. The molecule has 17 heavy (non-hydrogen) atoms. The van der Waals surface area contributed by atoms with Gasteiger partial charge in [-0.1, -0.05) is 0 Å². The van der Waals surface area contributed by atoms with Crippen molar-refractivity contribution in [1.82, 2.24) is 9.97 Å². The van der Waals surface area contributed by atoms with Crippen LogP contribution in [-0.2, 0) is 5.75 Å². The molecule has 0 unspecified atom stereocenters. The Hall–Kier alpha value is -2.06. The first-order valence-electron chi connectivity index (χ1n) is 4.97. The Morgan fingerprint density at radius 1 is 1.29 bits per heavy atom. The number of anilines is 1. The largest absolute Gasteiger partial charge is 0.397 e. The van der Waals surface area contributed by atoms with Crippen molar-refractivity contribution in [3.05, 3.63) is 47.9 Å². The van der Waals surface area contributed by atoms with Crippen LogP contribution < -0.4 is 5.73 Å². The van der Waals surface area contributed by atoms with Gasteiger partial charge in [-0.05, 0) is 29.8 Å². The summed E-state index contributed by atoms with van der Waals surface area (Å²) in [5.74, 6) is 0.758. The molecular formula is C12H10N4S. The average Bonchev–Trinajstić information content (AvgIpc) is 2.38. The van der Waals surface area contributed by atoms with Crippen LogP contribution in [0.15, 0.2) is 41.7 Å². The van der Waals surface area contributed by atoms with Crippen LogP contribution >= 0.6 is 11.8 Å². The molecule has 0 fully saturated rings. The van der Waals surface area contributed by atoms with Gasteiger partial charge in [0.25, 0.3) is 0 Å². The number of hydrogen-bond donors (Lipinski definition) is 1. The molecule has 0 aromatic carbocycles. The van der Waals surface area contributed by atoms with Gasteiger partial charge in [-0.3, -0.25) is 0 Å². The molecule has 0 saturated carbocycles. The topological polar surface area (TPSA) is 75.6 Å². The first-order chi connectivity index (χ1) is 8.28. The quantitative estimate of drug-likeness (QED) is 0.835. The Kier molecular flexibility index (Phi) is 3.58. The molecule has 0 aliphatic carbocycles. The van der Waals surface area contributed by atoms with Gasteiger partial charge in [0.05, 0.1) is 16.9 Å². The van der Waals surface area contributed by atoms with E-state index in [1.165, 1.54) is 0 Å². The molecule has 0 amide bonds. The van der Waals surface area contributed by atoms with Crippen molar-refractivity contribution in [1.29, 1.82) is 5.26 Å². The van der Waals surface area contributed by atoms with Crippen LogP contribution in [0.2, 0.25) is 0 Å². The molecule has 2 aromatic heterocycles. The molecule has 2 aromatic rings. The standard InChI is InChI=1S/C12H10N4S/c13-6-11-5-9(3-4-15-11)8-17-12-2-1-10(14)7-16-12/h1-5,7H,8,14H2. The van der Waals surface area contributed by atoms with E-state index in [-0.39, 0.29) is 0 Å². The minimum Gasteiger partial charge on any atom is -0.397 e. The lowest BCUT2D eigenvalue weighted by molar-refractivity contribution is 1.13. The molecule has 0 saturated heterocycles. The normalized spacial score (nSPS) is 9.82. The van der Waals surface area contributed by atoms with Gasteiger partial charge < -0.3 is 5.73 Å². The molecule has 0 aliphatic heterocycles. The highest BCUT2D eigenvalue weighted by molar-refractivity contribution is 7.98. The molecule has 0 spiro atoms. The lowest BCUT2D eigenvalue weighted by Crippen LogP contribution is -1.89. The maximum absolute atomic E-state index is 8.73. The van der Waals surface area contributed by atoms with Crippen LogP contribution in [0.5, 0.6) is 0 Å². The van der Waals surface area contributed by atoms with E-state index < -0.39 is 0 Å². The molecule has 4 nitrogen and oxygen atoms in total. The Labute approximate surface area is 104 Å². The van der Waals surface area contributed by atoms with Gasteiger partial charge in [-0.15, -0.1) is 11.8 Å². The summed E-state index contributed by atoms with van der Waals surface area (Å²) in [4.78, 5) is 8.12. The zero-order valence-electron chi connectivity index (χ0n) is 9.00. The predicted octanol–water partition coefficient (Wildman–Crippen LogP) is 2.22. The van der Waals surface area contributed by atoms with Crippen molar-refractivity contribution in [2.75, 3.05) is 5.73 Å². The van der Waals surface area contributed by atoms with Crippen molar-refractivity contribution in [3.8, 4) is 6.07 Å². The molecule has 2 N–H and O–H groups in total. The number of nitrogens with two attached hydrogens (primary N) is 1. The van der Waals surface area contributed by atoms with Crippen molar-refractivity contribution in [2.45, 2.75) is 10.8 Å². The summed E-state index contributed by atoms with van der Waals surface area (Å²) in [6.07, 6.45) is 3.28. The van der Waals surface area contributed by atoms with Gasteiger partial charge in [0.15, 0.2) is 0 Å². The fourth-order valence-electron chi connectivity index (χ4n) is 1.26. The van der Waals surface area contributed by atoms with Crippen LogP contribution in [0, 0.1) is 11.3 Å². The van der Waals surface area contributed by atoms with Gasteiger partial charge in [0, 0.05) is 11.9 Å². The Balaban J connectivity index is 2.02. The van der Waals surface area contributed by atoms with Crippen LogP contribution in [0.25, 0.3) is 0 Å². The molecule has 84 valence electrons. The fourth-order valence-corrected chi connectivity index (χ4v) is 2.05. The first kappa shape index (κ1) is 11.4. The zero-order chi connectivity index (χ0) is 12.1. The highest BCUT2D eigenvalue weighted by Gasteiger charge is 1.99. The van der Waals surface area contributed by atoms with Gasteiger partial charge in [-0.2, -0.15) is 5.26 Å². The van der Waals surface area contributed by atoms with Crippen molar-refractivity contribution < 1.29 is 0 Å². The second kappa shape index (κ2) is 5.32. The van der Waals surface area contributed by atoms with Gasteiger partial charge in [-0.25, -0.2) is 9.97 Å². The second-order valence-corrected chi connectivity index (χ2v) is 4.38. The summed E-state index contributed by atoms with van der Waals surface area (Å²) in [5, 5.41) is 9.64. The Bertz CT molecular complexity index is 545. The zero-order valence-corrected chi connectivity index (χ0v) is 9.81. The van der Waals surface area contributed by atoms with Gasteiger partial charge >= 0.3 is 0 Å². The molecule has 2 rings (SSSR count). The first-order valence-corrected chi connectivity index (χ1v) is 5.96. The third-order valence-electron chi connectivity index (χ3n) is 2.08. The third-order valence-corrected chi connectivity index (χ3v) is 3.10. The summed E-state index contributed by atoms with van der Waals surface area (Å²) < 4.78 is 0. The number of nitriles is 1. The number of thioether (sulfide) groups is 1. The Morgan fingerprint density at radius 3 is 2.88 bits per heavy atom. The van der Waals surface area contributed by atoms with E-state index in [1.54, 1.807) is 30.2 Å². The number of hydrogen-bond acceptors (Lipinski definition) is 5. The van der Waals surface area contributed by atoms with Gasteiger partial charge in [0.1, 0.15) is 11.8 Å².